The van der Waals surface area contributed by atoms with Crippen molar-refractivity contribution in [1.29, 1.82) is 0 Å². The predicted molar refractivity (Wildman–Crippen MR) is 68.7 cm³/mol. The average Bonchev–Trinajstić information content (AvgIpc) is 2.84. The van der Waals surface area contributed by atoms with Crippen molar-refractivity contribution >= 4 is 33.5 Å². The van der Waals surface area contributed by atoms with Crippen molar-refractivity contribution < 1.29 is 19.4 Å². The lowest BCUT2D eigenvalue weighted by Gasteiger charge is -2.12. The van der Waals surface area contributed by atoms with E-state index < -0.39 is 12.1 Å². The van der Waals surface area contributed by atoms with Gasteiger partial charge in [0.2, 0.25) is 0 Å². The molecule has 0 bridgehead atoms. The summed E-state index contributed by atoms with van der Waals surface area (Å²) in [7, 11) is 0. The van der Waals surface area contributed by atoms with Crippen LogP contribution in [0.3, 0.4) is 0 Å². The molecule has 1 atom stereocenters. The van der Waals surface area contributed by atoms with Crippen LogP contribution in [0.4, 0.5) is 5.69 Å². The molecule has 2 N–H and O–H groups in total. The van der Waals surface area contributed by atoms with E-state index in [4.69, 9.17) is 9.84 Å². The molecule has 1 amide bonds. The average molecular weight is 314 g/mol. The van der Waals surface area contributed by atoms with Gasteiger partial charge in [-0.1, -0.05) is 15.9 Å². The Labute approximate surface area is 112 Å². The van der Waals surface area contributed by atoms with E-state index >= 15 is 0 Å². The summed E-state index contributed by atoms with van der Waals surface area (Å²) in [5, 5.41) is 11.7. The standard InChI is InChI=1S/C12H12BrNO4/c13-7-3-4-9(8(6-7)12(16)17)14-11(15)10-2-1-5-18-10/h3-4,6,10H,1-2,5H2,(H,14,15)(H,16,17)/t10-/m1/s1. The molecule has 6 heteroatoms. The highest BCUT2D eigenvalue weighted by atomic mass is 79.9. The van der Waals surface area contributed by atoms with Gasteiger partial charge < -0.3 is 15.2 Å². The highest BCUT2D eigenvalue weighted by Crippen LogP contribution is 2.22. The van der Waals surface area contributed by atoms with E-state index in [1.807, 2.05) is 0 Å². The summed E-state index contributed by atoms with van der Waals surface area (Å²) in [5.74, 6) is -1.38. The Morgan fingerprint density at radius 3 is 2.83 bits per heavy atom. The van der Waals surface area contributed by atoms with Crippen LogP contribution in [0.5, 0.6) is 0 Å². The fourth-order valence-corrected chi connectivity index (χ4v) is 2.16. The number of benzene rings is 1. The fraction of sp³-hybridized carbons (Fsp3) is 0.333. The quantitative estimate of drug-likeness (QED) is 0.897. The number of rotatable bonds is 3. The summed E-state index contributed by atoms with van der Waals surface area (Å²) >= 11 is 3.20. The Hall–Kier alpha value is -1.40. The zero-order valence-electron chi connectivity index (χ0n) is 9.48. The van der Waals surface area contributed by atoms with Crippen LogP contribution in [-0.4, -0.2) is 29.7 Å². The van der Waals surface area contributed by atoms with Gasteiger partial charge in [0.05, 0.1) is 11.3 Å². The molecule has 0 saturated carbocycles. The third kappa shape index (κ3) is 2.88. The lowest BCUT2D eigenvalue weighted by molar-refractivity contribution is -0.124. The molecule has 1 aliphatic rings. The molecule has 1 aromatic carbocycles. The number of hydrogen-bond acceptors (Lipinski definition) is 3. The molecule has 96 valence electrons. The molecule has 5 nitrogen and oxygen atoms in total. The molecule has 0 spiro atoms. The molecule has 0 unspecified atom stereocenters. The molecule has 18 heavy (non-hydrogen) atoms. The minimum Gasteiger partial charge on any atom is -0.478 e. The molecular formula is C12H12BrNO4. The molecule has 0 aliphatic carbocycles. The summed E-state index contributed by atoms with van der Waals surface area (Å²) in [6, 6.07) is 4.69. The van der Waals surface area contributed by atoms with Crippen LogP contribution in [0.25, 0.3) is 0 Å². The maximum absolute atomic E-state index is 11.8. The second-order valence-electron chi connectivity index (χ2n) is 3.99. The smallest absolute Gasteiger partial charge is 0.337 e. The predicted octanol–water partition coefficient (Wildman–Crippen LogP) is 2.26. The molecular weight excluding hydrogens is 302 g/mol. The largest absolute Gasteiger partial charge is 0.478 e. The van der Waals surface area contributed by atoms with E-state index in [1.165, 1.54) is 6.07 Å². The van der Waals surface area contributed by atoms with Gasteiger partial charge in [0, 0.05) is 11.1 Å². The van der Waals surface area contributed by atoms with Gasteiger partial charge in [-0.3, -0.25) is 4.79 Å². The molecule has 2 rings (SSSR count). The van der Waals surface area contributed by atoms with Crippen LogP contribution < -0.4 is 5.32 Å². The lowest BCUT2D eigenvalue weighted by Crippen LogP contribution is -2.27. The summed E-state index contributed by atoms with van der Waals surface area (Å²) < 4.78 is 5.89. The first-order chi connectivity index (χ1) is 8.58. The number of carboxylic acid groups (broad SMARTS) is 1. The Kier molecular flexibility index (Phi) is 3.98. The molecule has 0 aromatic heterocycles. The fourth-order valence-electron chi connectivity index (χ4n) is 1.80. The van der Waals surface area contributed by atoms with Crippen LogP contribution in [0, 0.1) is 0 Å². The number of carboxylic acids is 1. The van der Waals surface area contributed by atoms with Crippen molar-refractivity contribution in [3.05, 3.63) is 28.2 Å². The first kappa shape index (κ1) is 13.0. The van der Waals surface area contributed by atoms with Gasteiger partial charge in [-0.05, 0) is 31.0 Å². The number of aromatic carboxylic acids is 1. The van der Waals surface area contributed by atoms with E-state index in [0.717, 1.165) is 6.42 Å². The van der Waals surface area contributed by atoms with Gasteiger partial charge in [0.15, 0.2) is 0 Å². The van der Waals surface area contributed by atoms with Gasteiger partial charge in [-0.25, -0.2) is 4.79 Å². The topological polar surface area (TPSA) is 75.6 Å². The molecule has 0 radical (unpaired) electrons. The second-order valence-corrected chi connectivity index (χ2v) is 4.90. The number of nitrogens with one attached hydrogen (secondary N) is 1. The zero-order chi connectivity index (χ0) is 13.1. The molecule has 1 heterocycles. The Morgan fingerprint density at radius 2 is 2.22 bits per heavy atom. The SMILES string of the molecule is O=C(O)c1cc(Br)ccc1NC(=O)[C@H]1CCCO1. The Bertz CT molecular complexity index is 483. The minimum atomic E-state index is -1.08. The lowest BCUT2D eigenvalue weighted by atomic mass is 10.1. The summed E-state index contributed by atoms with van der Waals surface area (Å²) in [5.41, 5.74) is 0.335. The van der Waals surface area contributed by atoms with Gasteiger partial charge >= 0.3 is 5.97 Å². The normalized spacial score (nSPS) is 18.6. The first-order valence-electron chi connectivity index (χ1n) is 5.53. The summed E-state index contributed by atoms with van der Waals surface area (Å²) in [6.07, 6.45) is 1.05. The van der Waals surface area contributed by atoms with Crippen molar-refractivity contribution in [3.63, 3.8) is 0 Å². The monoisotopic (exact) mass is 313 g/mol. The second kappa shape index (κ2) is 5.49. The molecule has 1 aromatic rings. The third-order valence-electron chi connectivity index (χ3n) is 2.69. The third-order valence-corrected chi connectivity index (χ3v) is 3.19. The molecule has 1 fully saturated rings. The zero-order valence-corrected chi connectivity index (χ0v) is 11.1. The van der Waals surface area contributed by atoms with Crippen LogP contribution in [-0.2, 0) is 9.53 Å². The summed E-state index contributed by atoms with van der Waals surface area (Å²) in [6.45, 7) is 0.574. The molecule has 1 aliphatic heterocycles. The first-order valence-corrected chi connectivity index (χ1v) is 6.32. The van der Waals surface area contributed by atoms with Crippen LogP contribution in [0.2, 0.25) is 0 Å². The van der Waals surface area contributed by atoms with Gasteiger partial charge in [-0.15, -0.1) is 0 Å². The number of amides is 1. The Balaban J connectivity index is 2.17. The van der Waals surface area contributed by atoms with Crippen molar-refractivity contribution in [2.75, 3.05) is 11.9 Å². The van der Waals surface area contributed by atoms with E-state index in [1.54, 1.807) is 12.1 Å². The van der Waals surface area contributed by atoms with Gasteiger partial charge in [0.1, 0.15) is 6.10 Å². The number of halogens is 1. The highest BCUT2D eigenvalue weighted by Gasteiger charge is 2.24. The van der Waals surface area contributed by atoms with Crippen LogP contribution >= 0.6 is 15.9 Å². The highest BCUT2D eigenvalue weighted by molar-refractivity contribution is 9.10. The number of ether oxygens (including phenoxy) is 1. The molecule has 1 saturated heterocycles. The van der Waals surface area contributed by atoms with Gasteiger partial charge in [-0.2, -0.15) is 0 Å². The maximum Gasteiger partial charge on any atom is 0.337 e. The summed E-state index contributed by atoms with van der Waals surface area (Å²) in [4.78, 5) is 22.9. The van der Waals surface area contributed by atoms with Gasteiger partial charge in [0.25, 0.3) is 5.91 Å². The van der Waals surface area contributed by atoms with E-state index in [2.05, 4.69) is 21.2 Å². The van der Waals surface area contributed by atoms with Crippen molar-refractivity contribution in [2.45, 2.75) is 18.9 Å². The van der Waals surface area contributed by atoms with Crippen molar-refractivity contribution in [2.24, 2.45) is 0 Å². The number of anilines is 1. The van der Waals surface area contributed by atoms with Crippen LogP contribution in [0.15, 0.2) is 22.7 Å². The van der Waals surface area contributed by atoms with E-state index in [-0.39, 0.29) is 17.2 Å². The minimum absolute atomic E-state index is 0.0516. The van der Waals surface area contributed by atoms with Crippen molar-refractivity contribution in [3.8, 4) is 0 Å². The Morgan fingerprint density at radius 1 is 1.44 bits per heavy atom. The number of hydrogen-bond donors (Lipinski definition) is 2. The van der Waals surface area contributed by atoms with E-state index in [9.17, 15) is 9.59 Å². The number of carbonyl (C=O) groups is 2. The maximum atomic E-state index is 11.8. The number of carbonyl (C=O) groups excluding carboxylic acids is 1. The van der Waals surface area contributed by atoms with Crippen molar-refractivity contribution in [1.82, 2.24) is 0 Å². The van der Waals surface area contributed by atoms with E-state index in [0.29, 0.717) is 17.5 Å². The van der Waals surface area contributed by atoms with Crippen LogP contribution in [0.1, 0.15) is 23.2 Å².